The topological polar surface area (TPSA) is 148 Å². The van der Waals surface area contributed by atoms with Crippen molar-refractivity contribution < 1.29 is 13.9 Å². The lowest BCUT2D eigenvalue weighted by molar-refractivity contribution is -0.120. The Morgan fingerprint density at radius 1 is 1.21 bits per heavy atom. The summed E-state index contributed by atoms with van der Waals surface area (Å²) < 4.78 is 28.8. The Morgan fingerprint density at radius 2 is 2.05 bits per heavy atom. The smallest absolute Gasteiger partial charge is 0.368 e. The van der Waals surface area contributed by atoms with E-state index in [0.29, 0.717) is 43.1 Å². The van der Waals surface area contributed by atoms with Crippen LogP contribution in [0.25, 0.3) is 5.69 Å². The van der Waals surface area contributed by atoms with Crippen LogP contribution in [0.1, 0.15) is 44.6 Å². The van der Waals surface area contributed by atoms with Gasteiger partial charge < -0.3 is 25.0 Å². The molecule has 5 heterocycles. The standard InChI is InChI=1S/C28H35FN10O3/c1-28(15-41-16-28)17-42-24-10-20(29)21(11-23(24)39-27(40)37(2)35-36-39)33-26-32-14-19(12-30)25(34-26)31-13-18-6-5-9-38-8-4-3-7-22(18)38/h10-11,14,18,22H,3-9,13,15-17H2,1-2H3,(H2,31,32,33,34). The van der Waals surface area contributed by atoms with Crippen LogP contribution >= 0.6 is 0 Å². The van der Waals surface area contributed by atoms with Gasteiger partial charge in [-0.25, -0.2) is 14.2 Å². The first kappa shape index (κ1) is 28.0. The lowest BCUT2D eigenvalue weighted by Gasteiger charge is -2.44. The molecule has 0 bridgehead atoms. The predicted octanol–water partition coefficient (Wildman–Crippen LogP) is 2.60. The number of nitrogens with zero attached hydrogens (tertiary/aromatic N) is 8. The first-order valence-corrected chi connectivity index (χ1v) is 14.4. The van der Waals surface area contributed by atoms with Crippen molar-refractivity contribution in [3.8, 4) is 17.5 Å². The molecule has 13 nitrogen and oxygen atoms in total. The number of tetrazole rings is 1. The highest BCUT2D eigenvalue weighted by atomic mass is 19.1. The lowest BCUT2D eigenvalue weighted by Crippen LogP contribution is -2.49. The highest BCUT2D eigenvalue weighted by Crippen LogP contribution is 2.34. The molecule has 2 unspecified atom stereocenters. The summed E-state index contributed by atoms with van der Waals surface area (Å²) in [4.78, 5) is 24.0. The molecular weight excluding hydrogens is 543 g/mol. The normalized spacial score (nSPS) is 21.6. The Hall–Kier alpha value is -4.09. The molecule has 3 aliphatic heterocycles. The van der Waals surface area contributed by atoms with Gasteiger partial charge in [0.25, 0.3) is 0 Å². The fourth-order valence-electron chi connectivity index (χ4n) is 5.99. The van der Waals surface area contributed by atoms with E-state index in [1.54, 1.807) is 0 Å². The van der Waals surface area contributed by atoms with Crippen LogP contribution in [-0.2, 0) is 11.8 Å². The third-order valence-corrected chi connectivity index (χ3v) is 8.39. The Bertz CT molecular complexity index is 1540. The number of fused-ring (bicyclic) bond motifs is 1. The van der Waals surface area contributed by atoms with Crippen LogP contribution in [0.15, 0.2) is 23.1 Å². The number of aromatic nitrogens is 6. The van der Waals surface area contributed by atoms with Gasteiger partial charge in [0.1, 0.15) is 28.9 Å². The van der Waals surface area contributed by atoms with E-state index in [9.17, 15) is 10.1 Å². The summed E-state index contributed by atoms with van der Waals surface area (Å²) in [5.74, 6) is 0.459. The number of hydrogen-bond acceptors (Lipinski definition) is 11. The lowest BCUT2D eigenvalue weighted by atomic mass is 9.83. The minimum atomic E-state index is -0.636. The van der Waals surface area contributed by atoms with E-state index in [-0.39, 0.29) is 35.1 Å². The number of rotatable bonds is 9. The van der Waals surface area contributed by atoms with Gasteiger partial charge in [-0.1, -0.05) is 13.3 Å². The van der Waals surface area contributed by atoms with E-state index in [1.807, 2.05) is 6.92 Å². The maximum atomic E-state index is 15.4. The van der Waals surface area contributed by atoms with Crippen LogP contribution in [0, 0.1) is 28.5 Å². The van der Waals surface area contributed by atoms with Gasteiger partial charge in [0.2, 0.25) is 5.95 Å². The van der Waals surface area contributed by atoms with Crippen molar-refractivity contribution in [1.82, 2.24) is 34.7 Å². The van der Waals surface area contributed by atoms with E-state index in [4.69, 9.17) is 9.47 Å². The van der Waals surface area contributed by atoms with E-state index in [0.717, 1.165) is 35.3 Å². The molecule has 3 fully saturated rings. The van der Waals surface area contributed by atoms with Gasteiger partial charge in [-0.15, -0.1) is 0 Å². The van der Waals surface area contributed by atoms with Crippen molar-refractivity contribution >= 4 is 17.5 Å². The van der Waals surface area contributed by atoms with Crippen LogP contribution in [0.5, 0.6) is 5.75 Å². The van der Waals surface area contributed by atoms with Crippen molar-refractivity contribution in [2.24, 2.45) is 18.4 Å². The Morgan fingerprint density at radius 3 is 2.79 bits per heavy atom. The Labute approximate surface area is 242 Å². The number of anilines is 3. The van der Waals surface area contributed by atoms with Gasteiger partial charge in [-0.2, -0.15) is 19.6 Å². The quantitative estimate of drug-likeness (QED) is 0.386. The van der Waals surface area contributed by atoms with Gasteiger partial charge in [0.05, 0.1) is 31.7 Å². The first-order valence-electron chi connectivity index (χ1n) is 14.4. The van der Waals surface area contributed by atoms with Gasteiger partial charge in [-0.05, 0) is 61.2 Å². The maximum absolute atomic E-state index is 15.4. The van der Waals surface area contributed by atoms with E-state index < -0.39 is 11.5 Å². The number of halogens is 1. The zero-order valence-electron chi connectivity index (χ0n) is 23.8. The number of benzene rings is 1. The highest BCUT2D eigenvalue weighted by molar-refractivity contribution is 5.64. The molecule has 0 aliphatic carbocycles. The molecule has 0 amide bonds. The van der Waals surface area contributed by atoms with Gasteiger partial charge in [0, 0.05) is 31.1 Å². The molecule has 0 radical (unpaired) electrons. The molecule has 3 aromatic rings. The van der Waals surface area contributed by atoms with Crippen molar-refractivity contribution in [2.45, 2.75) is 45.1 Å². The monoisotopic (exact) mass is 578 g/mol. The second-order valence-corrected chi connectivity index (χ2v) is 11.8. The van der Waals surface area contributed by atoms with E-state index in [2.05, 4.69) is 42.0 Å². The highest BCUT2D eigenvalue weighted by Gasteiger charge is 2.35. The molecule has 0 spiro atoms. The summed E-state index contributed by atoms with van der Waals surface area (Å²) in [6.45, 7) is 6.33. The summed E-state index contributed by atoms with van der Waals surface area (Å²) in [6, 6.07) is 5.30. The fourth-order valence-corrected chi connectivity index (χ4v) is 5.99. The summed E-state index contributed by atoms with van der Waals surface area (Å²) in [7, 11) is 1.47. The van der Waals surface area contributed by atoms with Gasteiger partial charge in [0.15, 0.2) is 5.82 Å². The maximum Gasteiger partial charge on any atom is 0.368 e. The third-order valence-electron chi connectivity index (χ3n) is 8.39. The van der Waals surface area contributed by atoms with Gasteiger partial charge in [-0.3, -0.25) is 0 Å². The second kappa shape index (κ2) is 11.7. The summed E-state index contributed by atoms with van der Waals surface area (Å²) in [6.07, 6.45) is 7.39. The number of nitrogens with one attached hydrogen (secondary N) is 2. The number of ether oxygens (including phenoxy) is 2. The van der Waals surface area contributed by atoms with Crippen LogP contribution in [-0.4, -0.2) is 80.2 Å². The minimum Gasteiger partial charge on any atom is -0.490 e. The van der Waals surface area contributed by atoms with Crippen molar-refractivity contribution in [2.75, 3.05) is 50.1 Å². The predicted molar refractivity (Wildman–Crippen MR) is 151 cm³/mol. The van der Waals surface area contributed by atoms with Crippen molar-refractivity contribution in [1.29, 1.82) is 5.26 Å². The molecule has 222 valence electrons. The average Bonchev–Trinajstić information content (AvgIpc) is 3.32. The van der Waals surface area contributed by atoms with E-state index >= 15 is 4.39 Å². The van der Waals surface area contributed by atoms with E-state index in [1.165, 1.54) is 44.6 Å². The number of hydrogen-bond donors (Lipinski definition) is 2. The molecule has 2 aromatic heterocycles. The second-order valence-electron chi connectivity index (χ2n) is 11.8. The minimum absolute atomic E-state index is 0.00822. The molecule has 14 heteroatoms. The molecule has 3 aliphatic rings. The van der Waals surface area contributed by atoms with Crippen molar-refractivity contribution in [3.63, 3.8) is 0 Å². The summed E-state index contributed by atoms with van der Waals surface area (Å²) in [5.41, 5.74) is -0.196. The van der Waals surface area contributed by atoms with Crippen molar-refractivity contribution in [3.05, 3.63) is 40.2 Å². The average molecular weight is 579 g/mol. The van der Waals surface area contributed by atoms with Crippen LogP contribution in [0.3, 0.4) is 0 Å². The summed E-state index contributed by atoms with van der Waals surface area (Å²) >= 11 is 0. The zero-order valence-corrected chi connectivity index (χ0v) is 23.8. The SMILES string of the molecule is Cn1nnn(-c2cc(Nc3ncc(C#N)c(NCC4CCCN5CCCCC45)n3)c(F)cc2OCC2(C)COC2)c1=O. The molecular formula is C28H35FN10O3. The molecule has 1 aromatic carbocycles. The first-order chi connectivity index (χ1) is 20.3. The largest absolute Gasteiger partial charge is 0.490 e. The molecule has 0 saturated carbocycles. The number of aryl methyl sites for hydroxylation is 1. The zero-order chi connectivity index (χ0) is 29.3. The van der Waals surface area contributed by atoms with Crippen LogP contribution < -0.4 is 21.1 Å². The summed E-state index contributed by atoms with van der Waals surface area (Å²) in [5, 5.41) is 23.7. The number of nitriles is 1. The molecule has 2 N–H and O–H groups in total. The molecule has 6 rings (SSSR count). The Balaban J connectivity index is 1.24. The molecule has 42 heavy (non-hydrogen) atoms. The fraction of sp³-hybridized carbons (Fsp3) is 0.571. The van der Waals surface area contributed by atoms with Crippen LogP contribution in [0.2, 0.25) is 0 Å². The Kier molecular flexibility index (Phi) is 7.78. The van der Waals surface area contributed by atoms with Gasteiger partial charge >= 0.3 is 5.69 Å². The third kappa shape index (κ3) is 5.66. The number of piperidine rings is 2. The van der Waals surface area contributed by atoms with Crippen LogP contribution in [0.4, 0.5) is 21.8 Å². The molecule has 3 saturated heterocycles. The molecule has 2 atom stereocenters.